The Bertz CT molecular complexity index is 2080. The second-order valence-corrected chi connectivity index (χ2v) is 14.2. The number of para-hydroxylation sites is 4. The fourth-order valence-electron chi connectivity index (χ4n) is 8.04. The van der Waals surface area contributed by atoms with Crippen LogP contribution in [0, 0.1) is 0 Å². The number of hydrogen-bond acceptors (Lipinski definition) is 2. The van der Waals surface area contributed by atoms with Gasteiger partial charge in [0.1, 0.15) is 6.54 Å². The largest absolute Gasteiger partial charge is 0.344 e. The van der Waals surface area contributed by atoms with Gasteiger partial charge in [0, 0.05) is 52.4 Å². The van der Waals surface area contributed by atoms with E-state index in [-0.39, 0.29) is 10.8 Å². The molecule has 0 amide bonds. The summed E-state index contributed by atoms with van der Waals surface area (Å²) < 4.78 is 2.45. The van der Waals surface area contributed by atoms with Crippen LogP contribution >= 0.6 is 0 Å². The van der Waals surface area contributed by atoms with Crippen molar-refractivity contribution in [2.45, 2.75) is 52.4 Å². The molecule has 7 rings (SSSR count). The smallest absolute Gasteiger partial charge is 0.209 e. The van der Waals surface area contributed by atoms with Gasteiger partial charge >= 0.3 is 0 Å². The molecular formula is C47H48N3+. The molecule has 0 unspecified atom stereocenters. The van der Waals surface area contributed by atoms with Gasteiger partial charge in [-0.1, -0.05) is 123 Å². The first-order valence-corrected chi connectivity index (χ1v) is 18.0. The molecule has 3 aliphatic rings. The fourth-order valence-corrected chi connectivity index (χ4v) is 8.04. The lowest BCUT2D eigenvalue weighted by Crippen LogP contribution is -2.27. The highest BCUT2D eigenvalue weighted by molar-refractivity contribution is 6.03. The van der Waals surface area contributed by atoms with Gasteiger partial charge in [0.25, 0.3) is 0 Å². The summed E-state index contributed by atoms with van der Waals surface area (Å²) in [4.78, 5) is 4.84. The Kier molecular flexibility index (Phi) is 8.92. The third-order valence-corrected chi connectivity index (χ3v) is 10.5. The molecule has 0 spiro atoms. The first-order valence-electron chi connectivity index (χ1n) is 18.0. The highest BCUT2D eigenvalue weighted by Crippen LogP contribution is 2.47. The predicted molar refractivity (Wildman–Crippen MR) is 213 cm³/mol. The maximum atomic E-state index is 2.45. The zero-order valence-corrected chi connectivity index (χ0v) is 30.3. The van der Waals surface area contributed by atoms with Gasteiger partial charge in [-0.15, -0.1) is 0 Å². The average Bonchev–Trinajstić information content (AvgIpc) is 3.71. The van der Waals surface area contributed by atoms with Crippen LogP contribution in [0.15, 0.2) is 180 Å². The van der Waals surface area contributed by atoms with Gasteiger partial charge in [-0.25, -0.2) is 0 Å². The molecule has 0 radical (unpaired) electrons. The van der Waals surface area contributed by atoms with Crippen LogP contribution in [0.4, 0.5) is 22.7 Å². The van der Waals surface area contributed by atoms with Crippen molar-refractivity contribution >= 4 is 28.5 Å². The molecule has 3 nitrogen and oxygen atoms in total. The van der Waals surface area contributed by atoms with Crippen LogP contribution in [0.1, 0.15) is 52.7 Å². The average molecular weight is 655 g/mol. The van der Waals surface area contributed by atoms with E-state index in [2.05, 4.69) is 214 Å². The van der Waals surface area contributed by atoms with Crippen molar-refractivity contribution in [3.05, 3.63) is 191 Å². The highest BCUT2D eigenvalue weighted by atomic mass is 15.2. The highest BCUT2D eigenvalue weighted by Gasteiger charge is 2.43. The summed E-state index contributed by atoms with van der Waals surface area (Å²) >= 11 is 0. The van der Waals surface area contributed by atoms with E-state index in [0.29, 0.717) is 0 Å². The van der Waals surface area contributed by atoms with Crippen LogP contribution in [0.5, 0.6) is 0 Å². The quantitative estimate of drug-likeness (QED) is 0.166. The molecule has 0 aromatic heterocycles. The minimum atomic E-state index is -0.0760. The Labute approximate surface area is 298 Å². The minimum Gasteiger partial charge on any atom is -0.344 e. The normalized spacial score (nSPS) is 19.1. The Balaban J connectivity index is 1.33. The van der Waals surface area contributed by atoms with Crippen LogP contribution in [0.25, 0.3) is 0 Å². The summed E-state index contributed by atoms with van der Waals surface area (Å²) in [5, 5.41) is 0. The molecule has 0 N–H and O–H groups in total. The first kappa shape index (κ1) is 33.1. The standard InChI is InChI=1S/C47H48N3/c1-7-48-41-29-17-15-27-39(41)46(3,4)43(48)31-19-21-35-33-34-36(45(35)50(37-23-11-9-12-24-37)38-25-13-10-14-26-38)22-20-32-44-47(5,6)40-28-16-18-30-42(40)49(44)8-2/h9-34H,7-8H2,1-6H3/q+1. The molecule has 250 valence electrons. The lowest BCUT2D eigenvalue weighted by Gasteiger charge is -2.28. The summed E-state index contributed by atoms with van der Waals surface area (Å²) in [7, 11) is 0. The number of fused-ring (bicyclic) bond motifs is 2. The van der Waals surface area contributed by atoms with Crippen molar-refractivity contribution in [2.75, 3.05) is 22.9 Å². The van der Waals surface area contributed by atoms with Gasteiger partial charge in [0.05, 0.1) is 11.1 Å². The van der Waals surface area contributed by atoms with Gasteiger partial charge in [-0.05, 0) is 80.8 Å². The van der Waals surface area contributed by atoms with E-state index in [1.165, 1.54) is 45.1 Å². The van der Waals surface area contributed by atoms with E-state index in [9.17, 15) is 0 Å². The molecule has 3 heteroatoms. The maximum Gasteiger partial charge on any atom is 0.209 e. The molecule has 0 fully saturated rings. The van der Waals surface area contributed by atoms with Crippen molar-refractivity contribution in [3.8, 4) is 0 Å². The van der Waals surface area contributed by atoms with Crippen molar-refractivity contribution in [1.29, 1.82) is 0 Å². The predicted octanol–water partition coefficient (Wildman–Crippen LogP) is 11.5. The monoisotopic (exact) mass is 654 g/mol. The number of rotatable bonds is 9. The number of benzene rings is 4. The number of allylic oxidation sites excluding steroid dienone is 10. The molecule has 0 atom stereocenters. The number of nitrogens with zero attached hydrogens (tertiary/aromatic N) is 3. The van der Waals surface area contributed by atoms with E-state index in [1.807, 2.05) is 0 Å². The molecule has 2 aliphatic heterocycles. The van der Waals surface area contributed by atoms with Crippen molar-refractivity contribution in [2.24, 2.45) is 0 Å². The van der Waals surface area contributed by atoms with Crippen molar-refractivity contribution < 1.29 is 4.58 Å². The second-order valence-electron chi connectivity index (χ2n) is 14.2. The lowest BCUT2D eigenvalue weighted by molar-refractivity contribution is -0.433. The first-order chi connectivity index (χ1) is 24.3. The molecule has 1 aliphatic carbocycles. The van der Waals surface area contributed by atoms with Gasteiger partial charge < -0.3 is 9.80 Å². The molecule has 0 saturated heterocycles. The fraction of sp³-hybridized carbons (Fsp3) is 0.213. The van der Waals surface area contributed by atoms with Crippen LogP contribution in [0.3, 0.4) is 0 Å². The summed E-state index contributed by atoms with van der Waals surface area (Å²) in [6, 6.07) is 39.1. The van der Waals surface area contributed by atoms with Crippen LogP contribution in [-0.2, 0) is 10.8 Å². The lowest BCUT2D eigenvalue weighted by atomic mass is 9.81. The summed E-state index contributed by atoms with van der Waals surface area (Å²) in [6.45, 7) is 15.7. The Morgan fingerprint density at radius 3 is 1.90 bits per heavy atom. The summed E-state index contributed by atoms with van der Waals surface area (Å²) in [5.41, 5.74) is 13.6. The van der Waals surface area contributed by atoms with E-state index in [4.69, 9.17) is 0 Å². The number of likely N-dealkylation sites (N-methyl/N-ethyl adjacent to an activating group) is 1. The van der Waals surface area contributed by atoms with E-state index in [0.717, 1.165) is 30.2 Å². The van der Waals surface area contributed by atoms with Gasteiger partial charge in [0.15, 0.2) is 5.71 Å². The molecule has 4 aromatic rings. The third kappa shape index (κ3) is 5.71. The van der Waals surface area contributed by atoms with Gasteiger partial charge in [-0.3, -0.25) is 0 Å². The number of hydrogen-bond donors (Lipinski definition) is 0. The van der Waals surface area contributed by atoms with Crippen molar-refractivity contribution in [3.63, 3.8) is 0 Å². The van der Waals surface area contributed by atoms with Crippen LogP contribution in [-0.4, -0.2) is 23.4 Å². The molecule has 0 saturated carbocycles. The molecule has 4 aromatic carbocycles. The summed E-state index contributed by atoms with van der Waals surface area (Å²) in [5.74, 6) is 0. The Hall–Kier alpha value is -5.41. The SMILES string of the molecule is CCN1C(=CC=CC2=C(N(c3ccccc3)c3ccccc3)C(=CC=CC3=[N+](CC)c4ccccc4C3(C)C)C=C2)C(C)(C)c2ccccc21. The van der Waals surface area contributed by atoms with E-state index >= 15 is 0 Å². The maximum absolute atomic E-state index is 2.45. The van der Waals surface area contributed by atoms with E-state index < -0.39 is 0 Å². The Morgan fingerprint density at radius 1 is 0.640 bits per heavy atom. The van der Waals surface area contributed by atoms with E-state index in [1.54, 1.807) is 0 Å². The molecule has 2 heterocycles. The number of anilines is 3. The third-order valence-electron chi connectivity index (χ3n) is 10.5. The second kappa shape index (κ2) is 13.5. The molecule has 50 heavy (non-hydrogen) atoms. The topological polar surface area (TPSA) is 9.49 Å². The summed E-state index contributed by atoms with van der Waals surface area (Å²) in [6.07, 6.45) is 18.2. The Morgan fingerprint density at radius 2 is 1.24 bits per heavy atom. The van der Waals surface area contributed by atoms with Crippen LogP contribution < -0.4 is 9.80 Å². The van der Waals surface area contributed by atoms with Gasteiger partial charge in [-0.2, -0.15) is 4.58 Å². The zero-order chi connectivity index (χ0) is 34.9. The van der Waals surface area contributed by atoms with Crippen molar-refractivity contribution in [1.82, 2.24) is 0 Å². The minimum absolute atomic E-state index is 0.0760. The van der Waals surface area contributed by atoms with Gasteiger partial charge in [0.2, 0.25) is 5.69 Å². The molecular weight excluding hydrogens is 607 g/mol. The molecule has 0 bridgehead atoms. The van der Waals surface area contributed by atoms with Crippen LogP contribution in [0.2, 0.25) is 0 Å². The zero-order valence-electron chi connectivity index (χ0n) is 30.3.